The minimum absolute atomic E-state index is 0. The number of fused-ring (bicyclic) bond motifs is 3. The van der Waals surface area contributed by atoms with Crippen molar-refractivity contribution in [2.24, 2.45) is 17.6 Å². The molecule has 0 aromatic carbocycles. The molecule has 0 saturated carbocycles. The molecule has 7 N–H and O–H groups in total. The zero-order chi connectivity index (χ0) is 52.8. The molecule has 3 saturated heterocycles. The number of hydrogen-bond acceptors (Lipinski definition) is 14. The smallest absolute Gasteiger partial charge is 0.356 e. The molecule has 20 heteroatoms. The Hall–Kier alpha value is -7.42. The maximum absolute atomic E-state index is 13.6. The van der Waals surface area contributed by atoms with Gasteiger partial charge in [0.05, 0.1) is 34.0 Å². The van der Waals surface area contributed by atoms with Crippen LogP contribution in [-0.4, -0.2) is 118 Å². The van der Waals surface area contributed by atoms with Gasteiger partial charge < -0.3 is 26.2 Å². The van der Waals surface area contributed by atoms with Gasteiger partial charge in [-0.1, -0.05) is 39.8 Å². The van der Waals surface area contributed by atoms with Crippen LogP contribution in [0.15, 0.2) is 104 Å². The van der Waals surface area contributed by atoms with Gasteiger partial charge in [0.25, 0.3) is 0 Å². The minimum Gasteiger partial charge on any atom is -0.356 e. The first-order valence-corrected chi connectivity index (χ1v) is 26.5. The van der Waals surface area contributed by atoms with Gasteiger partial charge in [-0.15, -0.1) is 0 Å². The van der Waals surface area contributed by atoms with Crippen molar-refractivity contribution in [3.8, 4) is 34.2 Å². The number of nitrogens with one attached hydrogen (secondary N) is 5. The average molecular weight is 1040 g/mol. The van der Waals surface area contributed by atoms with E-state index in [4.69, 9.17) is 15.7 Å². The van der Waals surface area contributed by atoms with Crippen LogP contribution in [0.2, 0.25) is 0 Å². The summed E-state index contributed by atoms with van der Waals surface area (Å²) in [5, 5.41) is 31.1. The summed E-state index contributed by atoms with van der Waals surface area (Å²) in [6.07, 6.45) is 7.33. The van der Waals surface area contributed by atoms with Crippen molar-refractivity contribution in [1.82, 2.24) is 71.1 Å². The van der Waals surface area contributed by atoms with Crippen LogP contribution in [0, 0.1) is 11.8 Å². The van der Waals surface area contributed by atoms with E-state index in [0.717, 1.165) is 109 Å². The lowest BCUT2D eigenvalue weighted by Crippen LogP contribution is -2.50. The number of aromatic nitrogens is 12. The standard InChI is InChI=1S/C21H27N5.C18H19F3N6.C17H20N6.H2/c1-14(2)12-15-13-21(3,9-11-22-15)18-8-4-7-17(24-18)19-16-6-5-10-23-20(16)26-25-19;1-2-11-10-27(9-8-22-11)14-6-5-13(18(19,20)21)16(24-14)15-12-4-3-7-23-17(12)26-25-15;18-10-12-4-3-9-23(11-12)15-7-1-6-14(20-15)16-13-5-2-8-19-17(13)22-21-16;/h4-8,10,14-15,22H,9,11-13H2,1-3H3,(H,23,25,26);3-7,11,22H,2,8-10H2,1H3,(H,23,25,26);1-2,5-8,12H,3-4,9-11,18H2,(H,19,21,22);1H/t15-,21?;11-;;/m10../s1. The molecule has 17 nitrogen and oxygen atoms in total. The molecule has 0 bridgehead atoms. The van der Waals surface area contributed by atoms with Crippen LogP contribution in [0.1, 0.15) is 78.9 Å². The molecule has 3 aliphatic heterocycles. The number of alkyl halides is 3. The second kappa shape index (κ2) is 22.8. The van der Waals surface area contributed by atoms with E-state index in [2.05, 4.69) is 118 Å². The van der Waals surface area contributed by atoms with Crippen LogP contribution in [0.3, 0.4) is 0 Å². The minimum atomic E-state index is -4.52. The van der Waals surface area contributed by atoms with Crippen LogP contribution >= 0.6 is 0 Å². The lowest BCUT2D eigenvalue weighted by molar-refractivity contribution is -0.137. The molecule has 2 unspecified atom stereocenters. The Morgan fingerprint density at radius 2 is 1.28 bits per heavy atom. The molecule has 0 spiro atoms. The summed E-state index contributed by atoms with van der Waals surface area (Å²) in [5.74, 6) is 2.81. The Kier molecular flexibility index (Phi) is 15.6. The fourth-order valence-electron chi connectivity index (χ4n) is 10.8. The van der Waals surface area contributed by atoms with Crippen molar-refractivity contribution in [2.45, 2.75) is 89.9 Å². The monoisotopic (exact) mass is 1040 g/mol. The topological polar surface area (TPSA) is 220 Å². The fourth-order valence-corrected chi connectivity index (χ4v) is 10.8. The Morgan fingerprint density at radius 1 is 0.684 bits per heavy atom. The number of rotatable bonds is 10. The first kappa shape index (κ1) is 52.0. The number of aromatic amines is 3. The molecule has 398 valence electrons. The van der Waals surface area contributed by atoms with Crippen molar-refractivity contribution in [3.63, 3.8) is 0 Å². The van der Waals surface area contributed by atoms with Crippen LogP contribution in [-0.2, 0) is 11.6 Å². The highest BCUT2D eigenvalue weighted by atomic mass is 19.4. The van der Waals surface area contributed by atoms with Crippen molar-refractivity contribution in [1.29, 1.82) is 0 Å². The lowest BCUT2D eigenvalue weighted by atomic mass is 9.73. The van der Waals surface area contributed by atoms with E-state index >= 15 is 0 Å². The molecule has 3 aliphatic rings. The van der Waals surface area contributed by atoms with E-state index in [0.29, 0.717) is 53.9 Å². The molecule has 3 fully saturated rings. The fraction of sp³-hybridized carbons (Fsp3) is 0.411. The molecule has 9 aromatic rings. The second-order valence-electron chi connectivity index (χ2n) is 20.8. The van der Waals surface area contributed by atoms with Crippen molar-refractivity contribution < 1.29 is 14.6 Å². The molecule has 76 heavy (non-hydrogen) atoms. The Morgan fingerprint density at radius 3 is 1.91 bits per heavy atom. The van der Waals surface area contributed by atoms with Crippen molar-refractivity contribution >= 4 is 44.7 Å². The molecule has 0 aliphatic carbocycles. The highest BCUT2D eigenvalue weighted by Gasteiger charge is 2.37. The Balaban J connectivity index is 0.000000140. The zero-order valence-electron chi connectivity index (χ0n) is 43.4. The Bertz CT molecular complexity index is 3380. The van der Waals surface area contributed by atoms with Gasteiger partial charge in [0.1, 0.15) is 17.3 Å². The van der Waals surface area contributed by atoms with Gasteiger partial charge in [0, 0.05) is 92.1 Å². The number of pyridine rings is 6. The van der Waals surface area contributed by atoms with Crippen LogP contribution < -0.4 is 26.2 Å². The van der Waals surface area contributed by atoms with Gasteiger partial charge in [-0.05, 0) is 136 Å². The lowest BCUT2D eigenvalue weighted by Gasteiger charge is -2.39. The van der Waals surface area contributed by atoms with Gasteiger partial charge in [-0.25, -0.2) is 24.9 Å². The third-order valence-corrected chi connectivity index (χ3v) is 14.8. The molecule has 12 rings (SSSR count). The second-order valence-corrected chi connectivity index (χ2v) is 20.8. The first-order chi connectivity index (χ1) is 36.9. The van der Waals surface area contributed by atoms with E-state index in [1.807, 2.05) is 41.3 Å². The maximum Gasteiger partial charge on any atom is 0.418 e. The van der Waals surface area contributed by atoms with Gasteiger partial charge in [-0.3, -0.25) is 20.3 Å². The summed E-state index contributed by atoms with van der Waals surface area (Å²) in [4.78, 5) is 31.3. The maximum atomic E-state index is 13.6. The molecule has 12 heterocycles. The summed E-state index contributed by atoms with van der Waals surface area (Å²) in [5.41, 5.74) is 11.9. The number of hydrogen-bond donors (Lipinski definition) is 6. The Labute approximate surface area is 441 Å². The van der Waals surface area contributed by atoms with Crippen molar-refractivity contribution in [2.75, 3.05) is 55.6 Å². The number of piperidine rings is 2. The van der Waals surface area contributed by atoms with E-state index in [1.165, 1.54) is 31.0 Å². The number of halogens is 3. The van der Waals surface area contributed by atoms with E-state index in [-0.39, 0.29) is 18.2 Å². The molecule has 4 atom stereocenters. The van der Waals surface area contributed by atoms with Crippen LogP contribution in [0.25, 0.3) is 67.3 Å². The molecular formula is C56H68F3N17. The number of piperazine rings is 1. The number of nitrogens with two attached hydrogens (primary N) is 1. The normalized spacial score (nSPS) is 20.1. The van der Waals surface area contributed by atoms with Gasteiger partial charge in [-0.2, -0.15) is 28.5 Å². The SMILES string of the molecule is CC(C)C[C@@H]1CC(C)(c2cccc(-c3[nH]nc4ncccc34)n2)CCN1.CC[C@H]1CN(c2ccc(C(F)(F)F)c(-c3[nH]nc4ncccc34)n2)CCN1.NCC1CCCN(c2cccc(-c3[nH]nc4ncccc34)n2)C1.[HH]. The van der Waals surface area contributed by atoms with Crippen LogP contribution in [0.5, 0.6) is 0 Å². The number of nitrogens with zero attached hydrogens (tertiary/aromatic N) is 11. The van der Waals surface area contributed by atoms with Crippen LogP contribution in [0.4, 0.5) is 24.8 Å². The summed E-state index contributed by atoms with van der Waals surface area (Å²) < 4.78 is 40.9. The third kappa shape index (κ3) is 11.5. The number of anilines is 2. The summed E-state index contributed by atoms with van der Waals surface area (Å²) in [6, 6.07) is 27.2. The summed E-state index contributed by atoms with van der Waals surface area (Å²) in [7, 11) is 0. The highest BCUT2D eigenvalue weighted by Crippen LogP contribution is 2.40. The molecule has 0 radical (unpaired) electrons. The summed E-state index contributed by atoms with van der Waals surface area (Å²) >= 11 is 0. The predicted octanol–water partition coefficient (Wildman–Crippen LogP) is 9.74. The molecular weight excluding hydrogens is 968 g/mol. The molecule has 0 amide bonds. The first-order valence-electron chi connectivity index (χ1n) is 26.5. The van der Waals surface area contributed by atoms with Crippen molar-refractivity contribution in [3.05, 3.63) is 115 Å². The third-order valence-electron chi connectivity index (χ3n) is 14.8. The predicted molar refractivity (Wildman–Crippen MR) is 295 cm³/mol. The largest absolute Gasteiger partial charge is 0.418 e. The zero-order valence-corrected chi connectivity index (χ0v) is 43.4. The van der Waals surface area contributed by atoms with Gasteiger partial charge in [0.2, 0.25) is 0 Å². The van der Waals surface area contributed by atoms with E-state index < -0.39 is 11.7 Å². The molecule has 9 aromatic heterocycles. The quantitative estimate of drug-likeness (QED) is 0.0751. The average Bonchev–Trinajstić information content (AvgIpc) is 4.21. The van der Waals surface area contributed by atoms with E-state index in [9.17, 15) is 13.2 Å². The van der Waals surface area contributed by atoms with E-state index in [1.54, 1.807) is 30.7 Å². The van der Waals surface area contributed by atoms with Gasteiger partial charge in [0.15, 0.2) is 16.9 Å². The van der Waals surface area contributed by atoms with Gasteiger partial charge >= 0.3 is 6.18 Å². The highest BCUT2D eigenvalue weighted by molar-refractivity contribution is 5.92. The number of H-pyrrole nitrogens is 3. The summed E-state index contributed by atoms with van der Waals surface area (Å²) in [6.45, 7) is 15.0.